The van der Waals surface area contributed by atoms with Crippen LogP contribution in [0.1, 0.15) is 26.7 Å². The number of methoxy groups -OCH3 is 1. The predicted octanol–water partition coefficient (Wildman–Crippen LogP) is 3.26. The van der Waals surface area contributed by atoms with Crippen LogP contribution < -0.4 is 15.8 Å². The molecule has 0 spiro atoms. The first-order chi connectivity index (χ1) is 9.58. The quantitative estimate of drug-likeness (QED) is 0.829. The molecule has 3 N–H and O–H groups in total. The van der Waals surface area contributed by atoms with Crippen molar-refractivity contribution in [1.82, 2.24) is 4.98 Å². The normalized spacial score (nSPS) is 11.0. The zero-order valence-corrected chi connectivity index (χ0v) is 12.7. The summed E-state index contributed by atoms with van der Waals surface area (Å²) in [7, 11) is 1.58. The van der Waals surface area contributed by atoms with Crippen LogP contribution in [0.5, 0.6) is 5.75 Å². The van der Waals surface area contributed by atoms with E-state index in [1.54, 1.807) is 13.2 Å². The number of amides is 1. The van der Waals surface area contributed by atoms with Gasteiger partial charge >= 0.3 is 0 Å². The number of ether oxygens (including phenoxy) is 1. The predicted molar refractivity (Wildman–Crippen MR) is 83.3 cm³/mol. The zero-order valence-electron chi connectivity index (χ0n) is 11.9. The van der Waals surface area contributed by atoms with E-state index in [1.165, 1.54) is 11.3 Å². The maximum Gasteiger partial charge on any atom is 0.229 e. The molecule has 108 valence electrons. The molecule has 1 heterocycles. The Bertz CT molecular complexity index is 620. The topological polar surface area (TPSA) is 77.2 Å². The first-order valence-electron chi connectivity index (χ1n) is 6.63. The summed E-state index contributed by atoms with van der Waals surface area (Å²) in [5.74, 6) is 0.661. The van der Waals surface area contributed by atoms with E-state index < -0.39 is 0 Å². The highest BCUT2D eigenvalue weighted by Gasteiger charge is 2.17. The molecule has 2 aromatic rings. The Labute approximate surface area is 122 Å². The molecule has 1 aromatic heterocycles. The Kier molecular flexibility index (Phi) is 4.44. The summed E-state index contributed by atoms with van der Waals surface area (Å²) in [6, 6.07) is 3.57. The van der Waals surface area contributed by atoms with Gasteiger partial charge in [-0.1, -0.05) is 25.2 Å². The third-order valence-corrected chi connectivity index (χ3v) is 4.21. The molecule has 0 radical (unpaired) electrons. The molecule has 0 unspecified atom stereocenters. The summed E-state index contributed by atoms with van der Waals surface area (Å²) >= 11 is 1.40. The largest absolute Gasteiger partial charge is 0.494 e. The highest BCUT2D eigenvalue weighted by atomic mass is 32.1. The Balaban J connectivity index is 2.30. The Morgan fingerprint density at radius 3 is 2.75 bits per heavy atom. The first kappa shape index (κ1) is 14.6. The van der Waals surface area contributed by atoms with Crippen LogP contribution in [0.4, 0.5) is 10.8 Å². The lowest BCUT2D eigenvalue weighted by molar-refractivity contribution is -0.120. The third kappa shape index (κ3) is 2.85. The smallest absolute Gasteiger partial charge is 0.229 e. The second-order valence-electron chi connectivity index (χ2n) is 4.59. The second-order valence-corrected chi connectivity index (χ2v) is 5.62. The van der Waals surface area contributed by atoms with Crippen LogP contribution in [0.2, 0.25) is 0 Å². The first-order valence-corrected chi connectivity index (χ1v) is 7.45. The third-order valence-electron chi connectivity index (χ3n) is 3.29. The van der Waals surface area contributed by atoms with Gasteiger partial charge < -0.3 is 15.8 Å². The fourth-order valence-electron chi connectivity index (χ4n) is 2.10. The summed E-state index contributed by atoms with van der Waals surface area (Å²) in [4.78, 5) is 16.5. The van der Waals surface area contributed by atoms with Crippen molar-refractivity contribution in [2.75, 3.05) is 18.2 Å². The summed E-state index contributed by atoms with van der Waals surface area (Å²) in [6.45, 7) is 4.02. The molecule has 0 saturated carbocycles. The zero-order chi connectivity index (χ0) is 14.7. The minimum absolute atomic E-state index is 0.0148. The number of nitrogens with one attached hydrogen (secondary N) is 1. The van der Waals surface area contributed by atoms with Gasteiger partial charge in [-0.2, -0.15) is 0 Å². The van der Waals surface area contributed by atoms with E-state index in [2.05, 4.69) is 10.3 Å². The van der Waals surface area contributed by atoms with Gasteiger partial charge in [0.05, 0.1) is 11.8 Å². The van der Waals surface area contributed by atoms with Crippen LogP contribution >= 0.6 is 11.3 Å². The molecule has 0 saturated heterocycles. The van der Waals surface area contributed by atoms with Crippen molar-refractivity contribution in [3.05, 3.63) is 12.1 Å². The van der Waals surface area contributed by atoms with Gasteiger partial charge in [0, 0.05) is 17.7 Å². The van der Waals surface area contributed by atoms with E-state index >= 15 is 0 Å². The number of hydrogen-bond donors (Lipinski definition) is 2. The monoisotopic (exact) mass is 293 g/mol. The molecule has 0 aliphatic carbocycles. The van der Waals surface area contributed by atoms with E-state index in [0.717, 1.165) is 23.1 Å². The molecular weight excluding hydrogens is 274 g/mol. The number of nitrogens with two attached hydrogens (primary N) is 1. The standard InChI is InChI=1S/C14H19N3O2S/c1-4-8(5-2)13(18)17-14-16-12-10(19-3)6-9(15)7-11(12)20-14/h6-8H,4-5,15H2,1-3H3,(H,16,17,18). The van der Waals surface area contributed by atoms with Crippen LogP contribution in [0.15, 0.2) is 12.1 Å². The number of benzene rings is 1. The lowest BCUT2D eigenvalue weighted by Gasteiger charge is -2.10. The molecule has 0 fully saturated rings. The minimum atomic E-state index is 0.0148. The van der Waals surface area contributed by atoms with Crippen LogP contribution in [0.25, 0.3) is 10.2 Å². The van der Waals surface area contributed by atoms with E-state index in [0.29, 0.717) is 16.6 Å². The average Bonchev–Trinajstić information content (AvgIpc) is 2.81. The van der Waals surface area contributed by atoms with Crippen molar-refractivity contribution < 1.29 is 9.53 Å². The highest BCUT2D eigenvalue weighted by molar-refractivity contribution is 7.22. The fraction of sp³-hybridized carbons (Fsp3) is 0.429. The number of nitrogens with zero attached hydrogens (tertiary/aromatic N) is 1. The van der Waals surface area contributed by atoms with E-state index in [1.807, 2.05) is 19.9 Å². The maximum absolute atomic E-state index is 12.1. The highest BCUT2D eigenvalue weighted by Crippen LogP contribution is 2.34. The summed E-state index contributed by atoms with van der Waals surface area (Å²) < 4.78 is 6.17. The van der Waals surface area contributed by atoms with Gasteiger partial charge in [-0.15, -0.1) is 0 Å². The molecule has 2 rings (SSSR count). The van der Waals surface area contributed by atoms with Crippen LogP contribution in [-0.2, 0) is 4.79 Å². The molecule has 1 amide bonds. The van der Waals surface area contributed by atoms with Gasteiger partial charge in [-0.05, 0) is 18.9 Å². The van der Waals surface area contributed by atoms with Crippen LogP contribution in [0, 0.1) is 5.92 Å². The summed E-state index contributed by atoms with van der Waals surface area (Å²) in [6.07, 6.45) is 1.65. The number of thiazole rings is 1. The van der Waals surface area contributed by atoms with Crippen LogP contribution in [0.3, 0.4) is 0 Å². The second kappa shape index (κ2) is 6.09. The summed E-state index contributed by atoms with van der Waals surface area (Å²) in [5, 5.41) is 3.46. The van der Waals surface area contributed by atoms with Crippen molar-refractivity contribution in [3.8, 4) is 5.75 Å². The molecule has 1 aromatic carbocycles. The molecule has 6 heteroatoms. The number of aromatic nitrogens is 1. The van der Waals surface area contributed by atoms with Gasteiger partial charge in [-0.3, -0.25) is 4.79 Å². The molecule has 0 aliphatic rings. The molecule has 0 bridgehead atoms. The fourth-order valence-corrected chi connectivity index (χ4v) is 3.03. The van der Waals surface area contributed by atoms with Crippen molar-refractivity contribution in [2.24, 2.45) is 5.92 Å². The number of fused-ring (bicyclic) bond motifs is 1. The number of anilines is 2. The summed E-state index contributed by atoms with van der Waals surface area (Å²) in [5.41, 5.74) is 7.16. The average molecular weight is 293 g/mol. The van der Waals surface area contributed by atoms with Crippen molar-refractivity contribution in [2.45, 2.75) is 26.7 Å². The number of carbonyl (C=O) groups excluding carboxylic acids is 1. The van der Waals surface area contributed by atoms with Crippen molar-refractivity contribution in [1.29, 1.82) is 0 Å². The molecule has 0 aliphatic heterocycles. The van der Waals surface area contributed by atoms with Gasteiger partial charge in [0.15, 0.2) is 5.13 Å². The molecule has 5 nitrogen and oxygen atoms in total. The number of rotatable bonds is 5. The van der Waals surface area contributed by atoms with Gasteiger partial charge in [0.2, 0.25) is 5.91 Å². The number of nitrogen functional groups attached to an aromatic ring is 1. The van der Waals surface area contributed by atoms with Crippen LogP contribution in [-0.4, -0.2) is 18.0 Å². The SMILES string of the molecule is CCC(CC)C(=O)Nc1nc2c(OC)cc(N)cc2s1. The van der Waals surface area contributed by atoms with Gasteiger partial charge in [0.1, 0.15) is 11.3 Å². The van der Waals surface area contributed by atoms with E-state index in [9.17, 15) is 4.79 Å². The van der Waals surface area contributed by atoms with E-state index in [-0.39, 0.29) is 11.8 Å². The molecule has 20 heavy (non-hydrogen) atoms. The minimum Gasteiger partial charge on any atom is -0.494 e. The lowest BCUT2D eigenvalue weighted by atomic mass is 10.0. The van der Waals surface area contributed by atoms with Gasteiger partial charge in [-0.25, -0.2) is 4.98 Å². The van der Waals surface area contributed by atoms with Crippen molar-refractivity contribution in [3.63, 3.8) is 0 Å². The molecule has 0 atom stereocenters. The Hall–Kier alpha value is -1.82. The molecular formula is C14H19N3O2S. The Morgan fingerprint density at radius 2 is 2.15 bits per heavy atom. The van der Waals surface area contributed by atoms with E-state index in [4.69, 9.17) is 10.5 Å². The van der Waals surface area contributed by atoms with Gasteiger partial charge in [0.25, 0.3) is 0 Å². The number of hydrogen-bond acceptors (Lipinski definition) is 5. The van der Waals surface area contributed by atoms with Crippen molar-refractivity contribution >= 4 is 38.3 Å². The maximum atomic E-state index is 12.1. The Morgan fingerprint density at radius 1 is 1.45 bits per heavy atom. The lowest BCUT2D eigenvalue weighted by Crippen LogP contribution is -2.21. The number of carbonyl (C=O) groups is 1.